The predicted molar refractivity (Wildman–Crippen MR) is 119 cm³/mol. The SMILES string of the molecule is CCCCCCCCOC(=O)c1ccccc1C(=O)OCCCCCCCCCl. The number of halogens is 1. The second-order valence-electron chi connectivity index (χ2n) is 7.40. The Morgan fingerprint density at radius 3 is 1.55 bits per heavy atom. The third kappa shape index (κ3) is 11.9. The van der Waals surface area contributed by atoms with E-state index in [-0.39, 0.29) is 11.1 Å². The predicted octanol–water partition coefficient (Wildman–Crippen LogP) is 6.94. The lowest BCUT2D eigenvalue weighted by atomic mass is 10.1. The largest absolute Gasteiger partial charge is 0.462 e. The molecule has 0 unspecified atom stereocenters. The van der Waals surface area contributed by atoms with E-state index in [1.807, 2.05) is 0 Å². The van der Waals surface area contributed by atoms with Gasteiger partial charge in [-0.1, -0.05) is 76.8 Å². The molecule has 0 saturated heterocycles. The summed E-state index contributed by atoms with van der Waals surface area (Å²) < 4.78 is 10.7. The molecule has 0 amide bonds. The number of carbonyl (C=O) groups excluding carboxylic acids is 2. The topological polar surface area (TPSA) is 52.6 Å². The van der Waals surface area contributed by atoms with Crippen LogP contribution in [0.2, 0.25) is 0 Å². The van der Waals surface area contributed by atoms with Crippen molar-refractivity contribution in [3.05, 3.63) is 35.4 Å². The Kier molecular flexibility index (Phi) is 15.2. The highest BCUT2D eigenvalue weighted by Crippen LogP contribution is 2.14. The summed E-state index contributed by atoms with van der Waals surface area (Å²) in [7, 11) is 0. The van der Waals surface area contributed by atoms with Gasteiger partial charge in [0.1, 0.15) is 0 Å². The normalized spacial score (nSPS) is 10.7. The molecular weight excluding hydrogens is 388 g/mol. The van der Waals surface area contributed by atoms with E-state index in [0.717, 1.165) is 57.2 Å². The third-order valence-electron chi connectivity index (χ3n) is 4.86. The lowest BCUT2D eigenvalue weighted by Gasteiger charge is -2.10. The monoisotopic (exact) mass is 424 g/mol. The summed E-state index contributed by atoms with van der Waals surface area (Å²) >= 11 is 5.66. The van der Waals surface area contributed by atoms with E-state index in [4.69, 9.17) is 21.1 Å². The van der Waals surface area contributed by atoms with Crippen LogP contribution in [0.4, 0.5) is 0 Å². The molecule has 0 aliphatic carbocycles. The molecule has 0 heterocycles. The van der Waals surface area contributed by atoms with Gasteiger partial charge in [-0.25, -0.2) is 9.59 Å². The van der Waals surface area contributed by atoms with Crippen molar-refractivity contribution in [3.8, 4) is 0 Å². The van der Waals surface area contributed by atoms with Crippen molar-refractivity contribution in [2.45, 2.75) is 84.0 Å². The Labute approximate surface area is 181 Å². The highest BCUT2D eigenvalue weighted by molar-refractivity contribution is 6.17. The summed E-state index contributed by atoms with van der Waals surface area (Å²) in [4.78, 5) is 24.7. The van der Waals surface area contributed by atoms with Crippen molar-refractivity contribution >= 4 is 23.5 Å². The van der Waals surface area contributed by atoms with Crippen LogP contribution in [0, 0.1) is 0 Å². The maximum absolute atomic E-state index is 12.4. The zero-order chi connectivity index (χ0) is 21.2. The number of alkyl halides is 1. The third-order valence-corrected chi connectivity index (χ3v) is 5.13. The Morgan fingerprint density at radius 2 is 1.10 bits per heavy atom. The molecule has 0 aliphatic rings. The molecule has 29 heavy (non-hydrogen) atoms. The molecule has 164 valence electrons. The minimum Gasteiger partial charge on any atom is -0.462 e. The van der Waals surface area contributed by atoms with Crippen LogP contribution < -0.4 is 0 Å². The average Bonchev–Trinajstić information content (AvgIpc) is 2.74. The van der Waals surface area contributed by atoms with Gasteiger partial charge < -0.3 is 9.47 Å². The first-order valence-corrected chi connectivity index (χ1v) is 11.7. The zero-order valence-corrected chi connectivity index (χ0v) is 18.7. The van der Waals surface area contributed by atoms with Crippen LogP contribution in [-0.2, 0) is 9.47 Å². The summed E-state index contributed by atoms with van der Waals surface area (Å²) in [6, 6.07) is 6.71. The van der Waals surface area contributed by atoms with E-state index in [0.29, 0.717) is 13.2 Å². The second kappa shape index (κ2) is 17.3. The molecule has 0 radical (unpaired) electrons. The molecule has 0 aromatic heterocycles. The number of hydrogen-bond acceptors (Lipinski definition) is 4. The van der Waals surface area contributed by atoms with Crippen LogP contribution >= 0.6 is 11.6 Å². The number of benzene rings is 1. The van der Waals surface area contributed by atoms with Gasteiger partial charge in [-0.2, -0.15) is 0 Å². The molecular formula is C24H37ClO4. The number of hydrogen-bond donors (Lipinski definition) is 0. The summed E-state index contributed by atoms with van der Waals surface area (Å²) in [6.07, 6.45) is 13.1. The summed E-state index contributed by atoms with van der Waals surface area (Å²) in [5.74, 6) is -0.192. The van der Waals surface area contributed by atoms with Crippen molar-refractivity contribution in [1.29, 1.82) is 0 Å². The lowest BCUT2D eigenvalue weighted by molar-refractivity contribution is 0.0450. The Morgan fingerprint density at radius 1 is 0.690 bits per heavy atom. The number of unbranched alkanes of at least 4 members (excludes halogenated alkanes) is 10. The summed E-state index contributed by atoms with van der Waals surface area (Å²) in [5, 5.41) is 0. The lowest BCUT2D eigenvalue weighted by Crippen LogP contribution is -2.15. The first-order chi connectivity index (χ1) is 14.2. The maximum atomic E-state index is 12.4. The molecule has 0 aliphatic heterocycles. The first-order valence-electron chi connectivity index (χ1n) is 11.2. The average molecular weight is 425 g/mol. The van der Waals surface area contributed by atoms with Gasteiger partial charge in [0.2, 0.25) is 0 Å². The molecule has 4 nitrogen and oxygen atoms in total. The van der Waals surface area contributed by atoms with Crippen LogP contribution in [0.3, 0.4) is 0 Å². The Hall–Kier alpha value is -1.55. The number of rotatable bonds is 17. The van der Waals surface area contributed by atoms with Gasteiger partial charge >= 0.3 is 11.9 Å². The number of esters is 2. The van der Waals surface area contributed by atoms with Gasteiger partial charge in [0.05, 0.1) is 24.3 Å². The molecule has 0 atom stereocenters. The van der Waals surface area contributed by atoms with Gasteiger partial charge in [-0.3, -0.25) is 0 Å². The van der Waals surface area contributed by atoms with Crippen molar-refractivity contribution in [2.24, 2.45) is 0 Å². The smallest absolute Gasteiger partial charge is 0.339 e. The summed E-state index contributed by atoms with van der Waals surface area (Å²) in [5.41, 5.74) is 0.562. The van der Waals surface area contributed by atoms with Gasteiger partial charge in [0, 0.05) is 5.88 Å². The minimum atomic E-state index is -0.459. The molecule has 1 rings (SSSR count). The van der Waals surface area contributed by atoms with E-state index in [9.17, 15) is 9.59 Å². The van der Waals surface area contributed by atoms with Crippen LogP contribution in [0.1, 0.15) is 105 Å². The molecule has 0 bridgehead atoms. The fourth-order valence-electron chi connectivity index (χ4n) is 3.11. The van der Waals surface area contributed by atoms with Crippen molar-refractivity contribution in [1.82, 2.24) is 0 Å². The molecule has 0 saturated carbocycles. The first kappa shape index (κ1) is 25.5. The van der Waals surface area contributed by atoms with Crippen LogP contribution in [-0.4, -0.2) is 31.0 Å². The van der Waals surface area contributed by atoms with Gasteiger partial charge in [-0.05, 0) is 31.4 Å². The van der Waals surface area contributed by atoms with E-state index < -0.39 is 11.9 Å². The fourth-order valence-corrected chi connectivity index (χ4v) is 3.30. The Balaban J connectivity index is 2.32. The molecule has 5 heteroatoms. The van der Waals surface area contributed by atoms with Crippen LogP contribution in [0.25, 0.3) is 0 Å². The highest BCUT2D eigenvalue weighted by atomic mass is 35.5. The molecule has 0 fully saturated rings. The quantitative estimate of drug-likeness (QED) is 0.154. The molecule has 0 spiro atoms. The van der Waals surface area contributed by atoms with E-state index in [1.54, 1.807) is 24.3 Å². The van der Waals surface area contributed by atoms with Crippen LogP contribution in [0.5, 0.6) is 0 Å². The number of carbonyl (C=O) groups is 2. The maximum Gasteiger partial charge on any atom is 0.339 e. The highest BCUT2D eigenvalue weighted by Gasteiger charge is 2.18. The number of ether oxygens (including phenoxy) is 2. The van der Waals surface area contributed by atoms with Gasteiger partial charge in [-0.15, -0.1) is 11.6 Å². The molecule has 1 aromatic carbocycles. The van der Waals surface area contributed by atoms with Gasteiger partial charge in [0.15, 0.2) is 0 Å². The van der Waals surface area contributed by atoms with Crippen molar-refractivity contribution in [2.75, 3.05) is 19.1 Å². The van der Waals surface area contributed by atoms with E-state index in [1.165, 1.54) is 25.7 Å². The summed E-state index contributed by atoms with van der Waals surface area (Å²) in [6.45, 7) is 2.95. The molecule has 1 aromatic rings. The van der Waals surface area contributed by atoms with Crippen molar-refractivity contribution in [3.63, 3.8) is 0 Å². The van der Waals surface area contributed by atoms with E-state index >= 15 is 0 Å². The second-order valence-corrected chi connectivity index (χ2v) is 7.77. The zero-order valence-electron chi connectivity index (χ0n) is 17.9. The molecule has 0 N–H and O–H groups in total. The van der Waals surface area contributed by atoms with Crippen LogP contribution in [0.15, 0.2) is 24.3 Å². The standard InChI is InChI=1S/C24H37ClO4/c1-2-3-4-5-9-14-19-28-23(26)21-16-11-12-17-22(21)24(27)29-20-15-10-7-6-8-13-18-25/h11-12,16-17H,2-10,13-15,18-20H2,1H3. The van der Waals surface area contributed by atoms with Gasteiger partial charge in [0.25, 0.3) is 0 Å². The fraction of sp³-hybridized carbons (Fsp3) is 0.667. The minimum absolute atomic E-state index is 0.280. The Bertz CT molecular complexity index is 574. The van der Waals surface area contributed by atoms with E-state index in [2.05, 4.69) is 6.92 Å². The van der Waals surface area contributed by atoms with Crippen molar-refractivity contribution < 1.29 is 19.1 Å².